The number of piperazine rings is 2. The molecule has 1 aliphatic carbocycles. The fourth-order valence-electron chi connectivity index (χ4n) is 10.4. The second-order valence-electron chi connectivity index (χ2n) is 19.8. The number of aldehydes is 2. The molecule has 1 amide bonds. The van der Waals surface area contributed by atoms with E-state index in [1.807, 2.05) is 22.9 Å². The number of anilines is 2. The lowest BCUT2D eigenvalue weighted by Gasteiger charge is -2.48. The highest BCUT2D eigenvalue weighted by molar-refractivity contribution is 5.93. The maximum absolute atomic E-state index is 16.6. The van der Waals surface area contributed by atoms with Crippen molar-refractivity contribution in [2.45, 2.75) is 75.3 Å². The van der Waals surface area contributed by atoms with E-state index in [0.29, 0.717) is 95.6 Å². The van der Waals surface area contributed by atoms with Gasteiger partial charge in [-0.15, -0.1) is 0 Å². The number of pyridine rings is 1. The number of nitrogens with one attached hydrogen (secondary N) is 4. The third kappa shape index (κ3) is 12.9. The first-order chi connectivity index (χ1) is 34.6. The van der Waals surface area contributed by atoms with E-state index in [0.717, 1.165) is 100 Å². The molecule has 5 N–H and O–H groups in total. The van der Waals surface area contributed by atoms with E-state index in [1.54, 1.807) is 7.05 Å². The molecule has 18 nitrogen and oxygen atoms in total. The Balaban J connectivity index is 0.755. The molecule has 5 aliphatic rings. The number of fused-ring (bicyclic) bond motifs is 3. The maximum Gasteiger partial charge on any atom is 0.417 e. The van der Waals surface area contributed by atoms with Crippen molar-refractivity contribution in [1.82, 2.24) is 50.9 Å². The number of rotatable bonds is 24. The van der Waals surface area contributed by atoms with Crippen molar-refractivity contribution in [2.24, 2.45) is 0 Å². The third-order valence-electron chi connectivity index (χ3n) is 14.5. The van der Waals surface area contributed by atoms with Crippen LogP contribution >= 0.6 is 0 Å². The van der Waals surface area contributed by atoms with Gasteiger partial charge >= 0.3 is 6.18 Å². The second kappa shape index (κ2) is 23.7. The van der Waals surface area contributed by atoms with Crippen molar-refractivity contribution in [3.05, 3.63) is 58.7 Å². The molecule has 8 rings (SSSR count). The number of hydrogen-bond donors (Lipinski definition) is 5. The molecule has 1 aromatic carbocycles. The molecule has 6 heterocycles. The summed E-state index contributed by atoms with van der Waals surface area (Å²) in [6.45, 7) is 12.3. The number of ether oxygens (including phenoxy) is 2. The summed E-state index contributed by atoms with van der Waals surface area (Å²) in [7, 11) is 3.42. The summed E-state index contributed by atoms with van der Waals surface area (Å²) in [5, 5.41) is 23.7. The van der Waals surface area contributed by atoms with E-state index in [4.69, 9.17) is 14.5 Å². The molecule has 4 saturated heterocycles. The Labute approximate surface area is 417 Å². The number of phenolic OH excluding ortho intramolecular Hbond substituents is 1. The fraction of sp³-hybridized carbons (Fsp3) is 0.600. The van der Waals surface area contributed by atoms with E-state index in [1.165, 1.54) is 6.20 Å². The van der Waals surface area contributed by atoms with Gasteiger partial charge in [0.15, 0.2) is 5.82 Å². The van der Waals surface area contributed by atoms with E-state index in [-0.39, 0.29) is 41.4 Å². The minimum absolute atomic E-state index is 0.117. The fourth-order valence-corrected chi connectivity index (χ4v) is 10.4. The number of benzene rings is 1. The number of aromatic hydroxyl groups is 1. The Morgan fingerprint density at radius 1 is 1.03 bits per heavy atom. The largest absolute Gasteiger partial charge is 0.508 e. The van der Waals surface area contributed by atoms with E-state index in [2.05, 4.69) is 52.9 Å². The van der Waals surface area contributed by atoms with Gasteiger partial charge in [0.05, 0.1) is 55.6 Å². The van der Waals surface area contributed by atoms with Crippen LogP contribution in [0.5, 0.6) is 5.75 Å². The highest BCUT2D eigenvalue weighted by Gasteiger charge is 2.42. The van der Waals surface area contributed by atoms with Crippen LogP contribution in [0.1, 0.15) is 51.0 Å². The molecule has 4 aliphatic heterocycles. The monoisotopic (exact) mass is 1010 g/mol. The number of nitrogens with zero attached hydrogens (tertiary/aromatic N) is 8. The normalized spacial score (nSPS) is 21.0. The first-order valence-corrected chi connectivity index (χ1v) is 25.0. The lowest BCUT2D eigenvalue weighted by molar-refractivity contribution is -0.137. The lowest BCUT2D eigenvalue weighted by Crippen LogP contribution is -2.68. The number of carbonyl (C=O) groups is 3. The van der Waals surface area contributed by atoms with Crippen LogP contribution in [0.15, 0.2) is 47.3 Å². The predicted octanol–water partition coefficient (Wildman–Crippen LogP) is 3.06. The van der Waals surface area contributed by atoms with Crippen molar-refractivity contribution >= 4 is 41.1 Å². The average Bonchev–Trinajstić information content (AvgIpc) is 3.70. The molecule has 4 fully saturated rings. The predicted molar refractivity (Wildman–Crippen MR) is 264 cm³/mol. The van der Waals surface area contributed by atoms with Crippen LogP contribution in [0.3, 0.4) is 0 Å². The molecule has 0 saturated carbocycles. The summed E-state index contributed by atoms with van der Waals surface area (Å²) < 4.78 is 70.6. The van der Waals surface area contributed by atoms with Gasteiger partial charge in [-0.05, 0) is 69.8 Å². The second-order valence-corrected chi connectivity index (χ2v) is 19.8. The molecule has 392 valence electrons. The number of alkyl halides is 3. The summed E-state index contributed by atoms with van der Waals surface area (Å²) in [6, 6.07) is 2.55. The van der Waals surface area contributed by atoms with Crippen molar-refractivity contribution in [3.63, 3.8) is 0 Å². The van der Waals surface area contributed by atoms with E-state index >= 15 is 4.39 Å². The Morgan fingerprint density at radius 2 is 1.75 bits per heavy atom. The van der Waals surface area contributed by atoms with Crippen molar-refractivity contribution in [2.75, 3.05) is 129 Å². The molecule has 72 heavy (non-hydrogen) atoms. The molecular weight excluding hydrogens is 941 g/mol. The van der Waals surface area contributed by atoms with Crippen LogP contribution in [0.2, 0.25) is 0 Å². The number of hydrogen-bond acceptors (Lipinski definition) is 17. The van der Waals surface area contributed by atoms with Crippen LogP contribution in [0.4, 0.5) is 29.3 Å². The zero-order valence-electron chi connectivity index (χ0n) is 41.4. The lowest BCUT2D eigenvalue weighted by atomic mass is 9.92. The van der Waals surface area contributed by atoms with Crippen LogP contribution in [0.25, 0.3) is 22.2 Å². The van der Waals surface area contributed by atoms with Gasteiger partial charge in [0.2, 0.25) is 11.9 Å². The van der Waals surface area contributed by atoms with E-state index in [9.17, 15) is 32.7 Å². The Kier molecular flexibility index (Phi) is 17.4. The quantitative estimate of drug-likeness (QED) is 0.0499. The van der Waals surface area contributed by atoms with Gasteiger partial charge in [-0.2, -0.15) is 18.2 Å². The molecule has 2 aromatic heterocycles. The number of carbonyl (C=O) groups excluding carboxylic acids is 3. The summed E-state index contributed by atoms with van der Waals surface area (Å²) in [5.74, 6) is -0.812. The number of halogens is 4. The SMILES string of the molecule is CNC(=O)CCC(C=O)N(C)CC1=C(NCN2CCN(CCOCCOCCNC3(C)CN(c4nc(N5CC6CCC(C5)N6)c5cnc(-c6cc(O)ccc6C(F)(F)F)c(F)c5n4)C3)CC2)CCC=C1C=O. The van der Waals surface area contributed by atoms with Crippen LogP contribution in [0, 0.1) is 5.82 Å². The minimum Gasteiger partial charge on any atom is -0.508 e. The maximum atomic E-state index is 16.6. The molecule has 3 unspecified atom stereocenters. The summed E-state index contributed by atoms with van der Waals surface area (Å²) in [4.78, 5) is 60.1. The van der Waals surface area contributed by atoms with Crippen LogP contribution < -0.4 is 31.1 Å². The Morgan fingerprint density at radius 3 is 2.44 bits per heavy atom. The van der Waals surface area contributed by atoms with Crippen LogP contribution in [-0.4, -0.2) is 196 Å². The first-order valence-electron chi connectivity index (χ1n) is 25.0. The van der Waals surface area contributed by atoms with Gasteiger partial charge in [0.1, 0.15) is 35.4 Å². The van der Waals surface area contributed by atoms with Gasteiger partial charge in [0, 0.05) is 121 Å². The van der Waals surface area contributed by atoms with Gasteiger partial charge in [-0.1, -0.05) is 6.08 Å². The van der Waals surface area contributed by atoms with Gasteiger partial charge in [-0.3, -0.25) is 29.3 Å². The summed E-state index contributed by atoms with van der Waals surface area (Å²) >= 11 is 0. The smallest absolute Gasteiger partial charge is 0.417 e. The molecule has 0 radical (unpaired) electrons. The summed E-state index contributed by atoms with van der Waals surface area (Å²) in [5.41, 5.74) is -0.145. The Hall–Kier alpha value is -5.36. The number of amides is 1. The highest BCUT2D eigenvalue weighted by Crippen LogP contribution is 2.41. The summed E-state index contributed by atoms with van der Waals surface area (Å²) in [6.07, 6.45) is 4.40. The zero-order chi connectivity index (χ0) is 51.0. The Bertz CT molecular complexity index is 2450. The number of aromatic nitrogens is 3. The number of allylic oxidation sites excluding steroid dienone is 2. The zero-order valence-corrected chi connectivity index (χ0v) is 41.4. The van der Waals surface area contributed by atoms with Crippen molar-refractivity contribution in [3.8, 4) is 17.0 Å². The minimum atomic E-state index is -4.81. The topological polar surface area (TPSA) is 193 Å². The van der Waals surface area contributed by atoms with Crippen LogP contribution in [-0.2, 0) is 30.0 Å². The van der Waals surface area contributed by atoms with Crippen molar-refractivity contribution in [1.29, 1.82) is 0 Å². The molecule has 3 aromatic rings. The molecular formula is C50H68F4N12O6. The molecule has 0 spiro atoms. The average molecular weight is 1010 g/mol. The number of likely N-dealkylation sites (N-methyl/N-ethyl adjacent to an activating group) is 1. The molecule has 3 atom stereocenters. The van der Waals surface area contributed by atoms with Gasteiger partial charge < -0.3 is 50.4 Å². The highest BCUT2D eigenvalue weighted by atomic mass is 19.4. The van der Waals surface area contributed by atoms with Crippen molar-refractivity contribution < 1.29 is 46.5 Å². The number of phenols is 1. The molecule has 2 bridgehead atoms. The van der Waals surface area contributed by atoms with Gasteiger partial charge in [-0.25, -0.2) is 9.37 Å². The third-order valence-corrected chi connectivity index (χ3v) is 14.5. The molecule has 22 heteroatoms. The standard InChI is InChI=1S/C50H68F4N12O6/c1-49(30-66(31-49)48-60-46-39(47(61-48)65-25-34-7-8-35(26-65)59-34)24-56-45(44(46)51)38-23-37(69)10-11-41(38)50(52,53)54)58-13-19-71-21-22-72-20-18-63-14-16-64(17-15-63)32-57-42-6-4-5-33(28-67)40(42)27-62(3)36(29-68)9-12-43(70)55-2/h5,10-11,23-24,28-29,34-36,57-59,69H,4,6-9,12-22,25-27,30-32H2,1-3H3,(H,55,70). The van der Waals surface area contributed by atoms with E-state index < -0.39 is 40.6 Å². The first kappa shape index (κ1) is 52.9. The van der Waals surface area contributed by atoms with Gasteiger partial charge in [0.25, 0.3) is 0 Å².